The molecule has 0 saturated carbocycles. The van der Waals surface area contributed by atoms with Gasteiger partial charge in [0.05, 0.1) is 13.0 Å². The Morgan fingerprint density at radius 1 is 1.16 bits per heavy atom. The van der Waals surface area contributed by atoms with Gasteiger partial charge >= 0.3 is 5.97 Å². The smallest absolute Gasteiger partial charge is 0.307 e. The lowest BCUT2D eigenvalue weighted by atomic mass is 10.1. The highest BCUT2D eigenvalue weighted by atomic mass is 28.4. The SMILES string of the molecule is CC(C)(C)[Si](C)(C)OCc1ccc(CC(=O)O)cc1. The molecule has 106 valence electrons. The summed E-state index contributed by atoms with van der Waals surface area (Å²) >= 11 is 0. The number of hydrogen-bond donors (Lipinski definition) is 1. The van der Waals surface area contributed by atoms with Gasteiger partial charge in [-0.2, -0.15) is 0 Å². The Balaban J connectivity index is 2.62. The molecular weight excluding hydrogens is 256 g/mol. The van der Waals surface area contributed by atoms with Gasteiger partial charge in [0.25, 0.3) is 0 Å². The summed E-state index contributed by atoms with van der Waals surface area (Å²) in [5.74, 6) is -0.801. The maximum absolute atomic E-state index is 10.6. The van der Waals surface area contributed by atoms with E-state index in [2.05, 4.69) is 33.9 Å². The number of hydrogen-bond acceptors (Lipinski definition) is 2. The summed E-state index contributed by atoms with van der Waals surface area (Å²) in [6.45, 7) is 11.7. The number of carboxylic acid groups (broad SMARTS) is 1. The third-order valence-corrected chi connectivity index (χ3v) is 8.26. The first kappa shape index (κ1) is 15.9. The molecule has 4 heteroatoms. The third-order valence-electron chi connectivity index (χ3n) is 3.78. The summed E-state index contributed by atoms with van der Waals surface area (Å²) in [5.41, 5.74) is 1.92. The Morgan fingerprint density at radius 2 is 1.63 bits per heavy atom. The lowest BCUT2D eigenvalue weighted by Crippen LogP contribution is -2.40. The molecule has 0 saturated heterocycles. The first-order valence-corrected chi connectivity index (χ1v) is 9.46. The molecule has 0 atom stereocenters. The lowest BCUT2D eigenvalue weighted by Gasteiger charge is -2.36. The van der Waals surface area contributed by atoms with Crippen molar-refractivity contribution in [1.29, 1.82) is 0 Å². The molecule has 3 nitrogen and oxygen atoms in total. The first-order chi connectivity index (χ1) is 8.62. The van der Waals surface area contributed by atoms with Crippen molar-refractivity contribution in [3.8, 4) is 0 Å². The third kappa shape index (κ3) is 4.80. The number of rotatable bonds is 5. The molecule has 0 aromatic heterocycles. The molecule has 0 fully saturated rings. The van der Waals surface area contributed by atoms with Crippen molar-refractivity contribution >= 4 is 14.3 Å². The zero-order valence-electron chi connectivity index (χ0n) is 12.5. The molecule has 0 amide bonds. The van der Waals surface area contributed by atoms with Gasteiger partial charge in [0, 0.05) is 0 Å². The highest BCUT2D eigenvalue weighted by Crippen LogP contribution is 2.37. The highest BCUT2D eigenvalue weighted by Gasteiger charge is 2.36. The van der Waals surface area contributed by atoms with E-state index in [0.717, 1.165) is 11.1 Å². The van der Waals surface area contributed by atoms with Crippen LogP contribution in [-0.2, 0) is 22.2 Å². The van der Waals surface area contributed by atoms with Crippen molar-refractivity contribution in [3.63, 3.8) is 0 Å². The number of benzene rings is 1. The minimum absolute atomic E-state index is 0.0728. The van der Waals surface area contributed by atoms with Gasteiger partial charge in [0.15, 0.2) is 8.32 Å². The molecule has 1 rings (SSSR count). The van der Waals surface area contributed by atoms with Crippen LogP contribution in [0.25, 0.3) is 0 Å². The van der Waals surface area contributed by atoms with Crippen LogP contribution in [0.3, 0.4) is 0 Å². The first-order valence-electron chi connectivity index (χ1n) is 6.55. The molecule has 0 heterocycles. The molecule has 0 unspecified atom stereocenters. The van der Waals surface area contributed by atoms with Crippen LogP contribution in [0, 0.1) is 0 Å². The predicted octanol–water partition coefficient (Wildman–Crippen LogP) is 3.84. The van der Waals surface area contributed by atoms with Crippen LogP contribution in [0.5, 0.6) is 0 Å². The molecule has 0 bridgehead atoms. The normalized spacial score (nSPS) is 12.5. The van der Waals surface area contributed by atoms with E-state index in [0.29, 0.717) is 6.61 Å². The van der Waals surface area contributed by atoms with Crippen LogP contribution in [0.2, 0.25) is 18.1 Å². The molecular formula is C15H24O3Si. The number of carboxylic acids is 1. The van der Waals surface area contributed by atoms with Gasteiger partial charge in [-0.05, 0) is 29.3 Å². The highest BCUT2D eigenvalue weighted by molar-refractivity contribution is 6.74. The molecule has 0 spiro atoms. The number of carbonyl (C=O) groups is 1. The summed E-state index contributed by atoms with van der Waals surface area (Å²) in [6, 6.07) is 7.62. The van der Waals surface area contributed by atoms with Gasteiger partial charge in [0.1, 0.15) is 0 Å². The molecule has 19 heavy (non-hydrogen) atoms. The van der Waals surface area contributed by atoms with E-state index < -0.39 is 14.3 Å². The average Bonchev–Trinajstić information content (AvgIpc) is 2.26. The number of aliphatic carboxylic acids is 1. The summed E-state index contributed by atoms with van der Waals surface area (Å²) in [4.78, 5) is 10.6. The van der Waals surface area contributed by atoms with Crippen molar-refractivity contribution < 1.29 is 14.3 Å². The van der Waals surface area contributed by atoms with Crippen LogP contribution < -0.4 is 0 Å². The van der Waals surface area contributed by atoms with Crippen molar-refractivity contribution in [2.24, 2.45) is 0 Å². The van der Waals surface area contributed by atoms with E-state index >= 15 is 0 Å². The second kappa shape index (κ2) is 5.88. The van der Waals surface area contributed by atoms with Gasteiger partial charge in [0.2, 0.25) is 0 Å². The maximum Gasteiger partial charge on any atom is 0.307 e. The predicted molar refractivity (Wildman–Crippen MR) is 79.8 cm³/mol. The Hall–Kier alpha value is -1.13. The van der Waals surface area contributed by atoms with Crippen LogP contribution in [0.4, 0.5) is 0 Å². The minimum atomic E-state index is -1.72. The van der Waals surface area contributed by atoms with E-state index in [4.69, 9.17) is 9.53 Å². The Labute approximate surface area is 116 Å². The fourth-order valence-corrected chi connectivity index (χ4v) is 2.37. The Bertz CT molecular complexity index is 430. The van der Waals surface area contributed by atoms with Crippen molar-refractivity contribution in [2.45, 2.75) is 51.9 Å². The fourth-order valence-electron chi connectivity index (χ4n) is 1.41. The Morgan fingerprint density at radius 3 is 2.05 bits per heavy atom. The lowest BCUT2D eigenvalue weighted by molar-refractivity contribution is -0.136. The summed E-state index contributed by atoms with van der Waals surface area (Å²) in [5, 5.41) is 8.92. The van der Waals surface area contributed by atoms with Crippen LogP contribution in [0.1, 0.15) is 31.9 Å². The molecule has 1 N–H and O–H groups in total. The zero-order chi connectivity index (χ0) is 14.7. The fraction of sp³-hybridized carbons (Fsp3) is 0.533. The van der Waals surface area contributed by atoms with Crippen LogP contribution in [-0.4, -0.2) is 19.4 Å². The zero-order valence-corrected chi connectivity index (χ0v) is 13.5. The molecule has 0 radical (unpaired) electrons. The van der Waals surface area contributed by atoms with Crippen molar-refractivity contribution in [2.75, 3.05) is 0 Å². The monoisotopic (exact) mass is 280 g/mol. The topological polar surface area (TPSA) is 46.5 Å². The molecule has 0 aliphatic heterocycles. The van der Waals surface area contributed by atoms with E-state index in [1.54, 1.807) is 0 Å². The summed E-state index contributed by atoms with van der Waals surface area (Å²) in [7, 11) is -1.72. The largest absolute Gasteiger partial charge is 0.481 e. The maximum atomic E-state index is 10.6. The molecule has 0 aliphatic carbocycles. The van der Waals surface area contributed by atoms with Crippen molar-refractivity contribution in [3.05, 3.63) is 35.4 Å². The second-order valence-corrected chi connectivity index (χ2v) is 11.2. The molecule has 0 aliphatic rings. The summed E-state index contributed by atoms with van der Waals surface area (Å²) < 4.78 is 6.12. The summed E-state index contributed by atoms with van der Waals surface area (Å²) in [6.07, 6.45) is 0.0728. The van der Waals surface area contributed by atoms with Gasteiger partial charge < -0.3 is 9.53 Å². The van der Waals surface area contributed by atoms with Crippen molar-refractivity contribution in [1.82, 2.24) is 0 Å². The average molecular weight is 280 g/mol. The van der Waals surface area contributed by atoms with E-state index in [1.165, 1.54) is 0 Å². The van der Waals surface area contributed by atoms with E-state index in [-0.39, 0.29) is 11.5 Å². The standard InChI is InChI=1S/C15H24O3Si/c1-15(2,3)19(4,5)18-11-13-8-6-12(7-9-13)10-14(16)17/h6-9H,10-11H2,1-5H3,(H,16,17). The van der Waals surface area contributed by atoms with Gasteiger partial charge in [-0.25, -0.2) is 0 Å². The van der Waals surface area contributed by atoms with Gasteiger partial charge in [-0.3, -0.25) is 4.79 Å². The van der Waals surface area contributed by atoms with Gasteiger partial charge in [-0.1, -0.05) is 45.0 Å². The molecule has 1 aromatic carbocycles. The second-order valence-electron chi connectivity index (χ2n) is 6.44. The Kier molecular flexibility index (Phi) is 4.93. The molecule has 1 aromatic rings. The minimum Gasteiger partial charge on any atom is -0.481 e. The van der Waals surface area contributed by atoms with E-state index in [9.17, 15) is 4.79 Å². The van der Waals surface area contributed by atoms with Gasteiger partial charge in [-0.15, -0.1) is 0 Å². The quantitative estimate of drug-likeness (QED) is 0.834. The van der Waals surface area contributed by atoms with Crippen LogP contribution >= 0.6 is 0 Å². The van der Waals surface area contributed by atoms with Crippen LogP contribution in [0.15, 0.2) is 24.3 Å². The van der Waals surface area contributed by atoms with E-state index in [1.807, 2.05) is 24.3 Å².